The lowest BCUT2D eigenvalue weighted by Gasteiger charge is -2.35. The molecule has 2 amide bonds. The minimum Gasteiger partial charge on any atom is -0.340 e. The molecule has 2 aromatic rings. The van der Waals surface area contributed by atoms with Gasteiger partial charge < -0.3 is 9.80 Å². The molecule has 2 aromatic carbocycles. The van der Waals surface area contributed by atoms with Crippen LogP contribution < -0.4 is 4.90 Å². The summed E-state index contributed by atoms with van der Waals surface area (Å²) in [5.74, 6) is 0.0103. The topological polar surface area (TPSA) is 87.0 Å². The molecule has 0 unspecified atom stereocenters. The summed E-state index contributed by atoms with van der Waals surface area (Å²) in [6.45, 7) is 4.73. The number of rotatable bonds is 6. The second-order valence-electron chi connectivity index (χ2n) is 7.55. The number of amides is 2. The van der Waals surface area contributed by atoms with Crippen LogP contribution in [0.5, 0.6) is 0 Å². The predicted molar refractivity (Wildman–Crippen MR) is 114 cm³/mol. The summed E-state index contributed by atoms with van der Waals surface area (Å²) in [4.78, 5) is 40.8. The molecular formula is C22H26N4O4. The van der Waals surface area contributed by atoms with Gasteiger partial charge in [-0.1, -0.05) is 29.8 Å². The molecule has 30 heavy (non-hydrogen) atoms. The standard InChI is InChI=1S/C22H26N4O4/c1-17-3-5-18(6-4-17)15-21(27)25-13-11-24(12-14-25)16-22(28)23(2)19-7-9-20(10-8-19)26(29)30/h3-10H,11-16H2,1-2H3. The molecule has 0 bridgehead atoms. The normalized spacial score (nSPS) is 14.4. The molecule has 0 spiro atoms. The molecule has 0 N–H and O–H groups in total. The van der Waals surface area contributed by atoms with Gasteiger partial charge in [-0.25, -0.2) is 0 Å². The van der Waals surface area contributed by atoms with Gasteiger partial charge >= 0.3 is 0 Å². The summed E-state index contributed by atoms with van der Waals surface area (Å²) in [6.07, 6.45) is 0.391. The highest BCUT2D eigenvalue weighted by Gasteiger charge is 2.24. The highest BCUT2D eigenvalue weighted by molar-refractivity contribution is 5.94. The maximum atomic E-state index is 12.6. The van der Waals surface area contributed by atoms with Crippen molar-refractivity contribution < 1.29 is 14.5 Å². The maximum Gasteiger partial charge on any atom is 0.269 e. The van der Waals surface area contributed by atoms with Crippen LogP contribution in [0.4, 0.5) is 11.4 Å². The Morgan fingerprint density at radius 1 is 1.00 bits per heavy atom. The molecule has 0 radical (unpaired) electrons. The fraction of sp³-hybridized carbons (Fsp3) is 0.364. The van der Waals surface area contributed by atoms with E-state index < -0.39 is 4.92 Å². The number of non-ortho nitro benzene ring substituents is 1. The minimum atomic E-state index is -0.467. The number of hydrogen-bond donors (Lipinski definition) is 0. The van der Waals surface area contributed by atoms with Gasteiger partial charge in [0.15, 0.2) is 0 Å². The first-order valence-electron chi connectivity index (χ1n) is 9.90. The first kappa shape index (κ1) is 21.4. The smallest absolute Gasteiger partial charge is 0.269 e. The summed E-state index contributed by atoms with van der Waals surface area (Å²) in [5.41, 5.74) is 2.78. The number of nitro benzene ring substituents is 1. The SMILES string of the molecule is Cc1ccc(CC(=O)N2CCN(CC(=O)N(C)c3ccc([N+](=O)[O-])cc3)CC2)cc1. The van der Waals surface area contributed by atoms with Crippen molar-refractivity contribution in [1.82, 2.24) is 9.80 Å². The summed E-state index contributed by atoms with van der Waals surface area (Å²) in [7, 11) is 1.66. The Morgan fingerprint density at radius 3 is 2.17 bits per heavy atom. The first-order chi connectivity index (χ1) is 14.3. The number of hydrogen-bond acceptors (Lipinski definition) is 5. The van der Waals surface area contributed by atoms with Crippen LogP contribution in [0.15, 0.2) is 48.5 Å². The Kier molecular flexibility index (Phi) is 6.79. The number of nitro groups is 1. The van der Waals surface area contributed by atoms with Gasteiger partial charge in [-0.3, -0.25) is 24.6 Å². The van der Waals surface area contributed by atoms with Gasteiger partial charge in [-0.2, -0.15) is 0 Å². The monoisotopic (exact) mass is 410 g/mol. The van der Waals surface area contributed by atoms with E-state index >= 15 is 0 Å². The summed E-state index contributed by atoms with van der Waals surface area (Å²) in [6, 6.07) is 13.9. The zero-order valence-corrected chi connectivity index (χ0v) is 17.3. The lowest BCUT2D eigenvalue weighted by atomic mass is 10.1. The Morgan fingerprint density at radius 2 is 1.60 bits per heavy atom. The van der Waals surface area contributed by atoms with E-state index in [1.165, 1.54) is 22.6 Å². The highest BCUT2D eigenvalue weighted by atomic mass is 16.6. The number of nitrogens with zero attached hydrogens (tertiary/aromatic N) is 4. The van der Waals surface area contributed by atoms with Crippen molar-refractivity contribution in [1.29, 1.82) is 0 Å². The van der Waals surface area contributed by atoms with E-state index in [2.05, 4.69) is 0 Å². The van der Waals surface area contributed by atoms with Crippen molar-refractivity contribution in [3.05, 3.63) is 69.8 Å². The number of aryl methyl sites for hydroxylation is 1. The number of carbonyl (C=O) groups excluding carboxylic acids is 2. The summed E-state index contributed by atoms with van der Waals surface area (Å²) in [5, 5.41) is 10.8. The molecule has 158 valence electrons. The molecular weight excluding hydrogens is 384 g/mol. The maximum absolute atomic E-state index is 12.6. The van der Waals surface area contributed by atoms with Crippen molar-refractivity contribution in [3.8, 4) is 0 Å². The second kappa shape index (κ2) is 9.49. The number of benzene rings is 2. The van der Waals surface area contributed by atoms with Crippen LogP contribution in [0.2, 0.25) is 0 Å². The van der Waals surface area contributed by atoms with E-state index in [4.69, 9.17) is 0 Å². The highest BCUT2D eigenvalue weighted by Crippen LogP contribution is 2.19. The molecule has 3 rings (SSSR count). The molecule has 8 heteroatoms. The first-order valence-corrected chi connectivity index (χ1v) is 9.90. The average Bonchev–Trinajstić information content (AvgIpc) is 2.75. The number of likely N-dealkylation sites (N-methyl/N-ethyl adjacent to an activating group) is 1. The van der Waals surface area contributed by atoms with E-state index in [9.17, 15) is 19.7 Å². The zero-order valence-electron chi connectivity index (χ0n) is 17.3. The summed E-state index contributed by atoms with van der Waals surface area (Å²) < 4.78 is 0. The molecule has 0 aliphatic carbocycles. The Balaban J connectivity index is 1.47. The minimum absolute atomic E-state index is 0.00831. The molecule has 8 nitrogen and oxygen atoms in total. The Bertz CT molecular complexity index is 904. The van der Waals surface area contributed by atoms with Gasteiger partial charge in [0, 0.05) is 51.0 Å². The molecule has 1 heterocycles. The number of carbonyl (C=O) groups is 2. The van der Waals surface area contributed by atoms with Gasteiger partial charge in [0.05, 0.1) is 17.9 Å². The van der Waals surface area contributed by atoms with Crippen molar-refractivity contribution in [2.45, 2.75) is 13.3 Å². The van der Waals surface area contributed by atoms with Gasteiger partial charge in [0.2, 0.25) is 11.8 Å². The Labute approximate surface area is 175 Å². The zero-order chi connectivity index (χ0) is 21.7. The summed E-state index contributed by atoms with van der Waals surface area (Å²) >= 11 is 0. The van der Waals surface area contributed by atoms with Gasteiger partial charge in [0.1, 0.15) is 0 Å². The predicted octanol–water partition coefficient (Wildman–Crippen LogP) is 2.25. The van der Waals surface area contributed by atoms with E-state index in [1.54, 1.807) is 19.2 Å². The van der Waals surface area contributed by atoms with E-state index in [0.29, 0.717) is 38.3 Å². The van der Waals surface area contributed by atoms with Gasteiger partial charge in [-0.05, 0) is 24.6 Å². The van der Waals surface area contributed by atoms with Crippen LogP contribution >= 0.6 is 0 Å². The third-order valence-electron chi connectivity index (χ3n) is 5.38. The Hall–Kier alpha value is -3.26. The van der Waals surface area contributed by atoms with Crippen molar-refractivity contribution in [3.63, 3.8) is 0 Å². The fourth-order valence-corrected chi connectivity index (χ4v) is 3.39. The van der Waals surface area contributed by atoms with Crippen LogP contribution in [0.3, 0.4) is 0 Å². The van der Waals surface area contributed by atoms with E-state index in [1.807, 2.05) is 41.0 Å². The van der Waals surface area contributed by atoms with E-state index in [-0.39, 0.29) is 24.0 Å². The molecule has 1 aliphatic heterocycles. The largest absolute Gasteiger partial charge is 0.340 e. The van der Waals surface area contributed by atoms with Crippen molar-refractivity contribution in [2.75, 3.05) is 44.7 Å². The van der Waals surface area contributed by atoms with Crippen molar-refractivity contribution >= 4 is 23.2 Å². The van der Waals surface area contributed by atoms with Crippen LogP contribution in [0, 0.1) is 17.0 Å². The quantitative estimate of drug-likeness (QED) is 0.539. The molecule has 1 saturated heterocycles. The second-order valence-corrected chi connectivity index (χ2v) is 7.55. The van der Waals surface area contributed by atoms with E-state index in [0.717, 1.165) is 5.56 Å². The third kappa shape index (κ3) is 5.42. The van der Waals surface area contributed by atoms with Crippen LogP contribution in [-0.4, -0.2) is 66.3 Å². The molecule has 1 fully saturated rings. The fourth-order valence-electron chi connectivity index (χ4n) is 3.39. The lowest BCUT2D eigenvalue weighted by Crippen LogP contribution is -2.51. The third-order valence-corrected chi connectivity index (χ3v) is 5.38. The molecule has 0 aromatic heterocycles. The number of anilines is 1. The molecule has 0 atom stereocenters. The van der Waals surface area contributed by atoms with Crippen LogP contribution in [0.1, 0.15) is 11.1 Å². The molecule has 0 saturated carbocycles. The molecule has 1 aliphatic rings. The average molecular weight is 410 g/mol. The number of piperazine rings is 1. The lowest BCUT2D eigenvalue weighted by molar-refractivity contribution is -0.384. The van der Waals surface area contributed by atoms with Gasteiger partial charge in [-0.15, -0.1) is 0 Å². The van der Waals surface area contributed by atoms with Crippen LogP contribution in [-0.2, 0) is 16.0 Å². The van der Waals surface area contributed by atoms with Gasteiger partial charge in [0.25, 0.3) is 5.69 Å². The van der Waals surface area contributed by atoms with Crippen molar-refractivity contribution in [2.24, 2.45) is 0 Å². The van der Waals surface area contributed by atoms with Crippen LogP contribution in [0.25, 0.3) is 0 Å².